The van der Waals surface area contributed by atoms with Gasteiger partial charge >= 0.3 is 0 Å². The molecule has 1 aromatic carbocycles. The summed E-state index contributed by atoms with van der Waals surface area (Å²) in [7, 11) is 0. The fourth-order valence-corrected chi connectivity index (χ4v) is 3.82. The third-order valence-electron chi connectivity index (χ3n) is 4.43. The largest absolute Gasteiger partial charge is 0.338 e. The molecule has 0 bridgehead atoms. The maximum Gasteiger partial charge on any atom is 0.233 e. The molecule has 3 rings (SSSR count). The summed E-state index contributed by atoms with van der Waals surface area (Å²) in [5.74, 6) is 0.339. The molecule has 1 spiro atoms. The molecule has 5 heteroatoms. The van der Waals surface area contributed by atoms with E-state index in [0.29, 0.717) is 29.7 Å². The number of rotatable bonds is 2. The Balaban J connectivity index is 2.20. The molecular weight excluding hydrogens is 283 g/mol. The molecule has 2 unspecified atom stereocenters. The summed E-state index contributed by atoms with van der Waals surface area (Å²) in [5.41, 5.74) is 7.30. The molecule has 19 heavy (non-hydrogen) atoms. The van der Waals surface area contributed by atoms with Gasteiger partial charge in [0.25, 0.3) is 0 Å². The summed E-state index contributed by atoms with van der Waals surface area (Å²) in [6.07, 6.45) is 0.784. The van der Waals surface area contributed by atoms with Crippen molar-refractivity contribution in [1.82, 2.24) is 4.90 Å². The average molecular weight is 299 g/mol. The SMILES string of the molecule is CCN1Cc2ccc(Cl)c(Cl)c2C2(CC2CN)C1=O. The molecule has 0 saturated heterocycles. The number of hydrogen-bond acceptors (Lipinski definition) is 2. The van der Waals surface area contributed by atoms with Gasteiger partial charge in [-0.15, -0.1) is 0 Å². The van der Waals surface area contributed by atoms with Crippen molar-refractivity contribution in [3.63, 3.8) is 0 Å². The van der Waals surface area contributed by atoms with Crippen molar-refractivity contribution >= 4 is 29.1 Å². The zero-order valence-electron chi connectivity index (χ0n) is 10.7. The number of nitrogens with zero attached hydrogens (tertiary/aromatic N) is 1. The topological polar surface area (TPSA) is 46.3 Å². The number of nitrogens with two attached hydrogens (primary N) is 1. The lowest BCUT2D eigenvalue weighted by atomic mass is 9.84. The van der Waals surface area contributed by atoms with E-state index in [-0.39, 0.29) is 11.8 Å². The van der Waals surface area contributed by atoms with Crippen LogP contribution in [-0.4, -0.2) is 23.9 Å². The maximum absolute atomic E-state index is 12.7. The monoisotopic (exact) mass is 298 g/mol. The van der Waals surface area contributed by atoms with E-state index in [1.807, 2.05) is 17.9 Å². The Morgan fingerprint density at radius 3 is 2.79 bits per heavy atom. The zero-order chi connectivity index (χ0) is 13.8. The first-order valence-electron chi connectivity index (χ1n) is 6.53. The number of likely N-dealkylation sites (N-methyl/N-ethyl adjacent to an activating group) is 1. The average Bonchev–Trinajstić information content (AvgIpc) is 3.13. The van der Waals surface area contributed by atoms with Gasteiger partial charge in [-0.25, -0.2) is 0 Å². The van der Waals surface area contributed by atoms with Gasteiger partial charge in [0, 0.05) is 13.1 Å². The lowest BCUT2D eigenvalue weighted by Gasteiger charge is -2.35. The van der Waals surface area contributed by atoms with Gasteiger partial charge in [-0.3, -0.25) is 4.79 Å². The third kappa shape index (κ3) is 1.65. The molecule has 1 amide bonds. The Morgan fingerprint density at radius 1 is 1.47 bits per heavy atom. The van der Waals surface area contributed by atoms with Crippen LogP contribution < -0.4 is 5.73 Å². The van der Waals surface area contributed by atoms with Crippen molar-refractivity contribution in [3.05, 3.63) is 33.3 Å². The smallest absolute Gasteiger partial charge is 0.233 e. The fraction of sp³-hybridized carbons (Fsp3) is 0.500. The van der Waals surface area contributed by atoms with E-state index in [1.165, 1.54) is 0 Å². The molecule has 1 fully saturated rings. The standard InChI is InChI=1S/C14H16Cl2N2O/c1-2-18-7-8-3-4-10(15)12(16)11(8)14(13(18)19)5-9(14)6-17/h3-4,9H,2,5-7,17H2,1H3. The quantitative estimate of drug-likeness (QED) is 0.912. The minimum Gasteiger partial charge on any atom is -0.338 e. The summed E-state index contributed by atoms with van der Waals surface area (Å²) in [4.78, 5) is 14.6. The molecule has 0 radical (unpaired) electrons. The van der Waals surface area contributed by atoms with E-state index in [9.17, 15) is 4.79 Å². The van der Waals surface area contributed by atoms with Gasteiger partial charge < -0.3 is 10.6 Å². The molecule has 2 atom stereocenters. The van der Waals surface area contributed by atoms with Gasteiger partial charge in [0.1, 0.15) is 0 Å². The van der Waals surface area contributed by atoms with E-state index in [2.05, 4.69) is 0 Å². The zero-order valence-corrected chi connectivity index (χ0v) is 12.3. The van der Waals surface area contributed by atoms with Gasteiger partial charge in [-0.2, -0.15) is 0 Å². The molecule has 1 heterocycles. The van der Waals surface area contributed by atoms with Crippen LogP contribution in [0.25, 0.3) is 0 Å². The molecule has 3 nitrogen and oxygen atoms in total. The van der Waals surface area contributed by atoms with E-state index in [0.717, 1.165) is 17.5 Å². The second kappa shape index (κ2) is 4.37. The summed E-state index contributed by atoms with van der Waals surface area (Å²) in [6.45, 7) is 3.82. The van der Waals surface area contributed by atoms with E-state index in [4.69, 9.17) is 28.9 Å². The van der Waals surface area contributed by atoms with Gasteiger partial charge in [0.15, 0.2) is 0 Å². The predicted molar refractivity (Wildman–Crippen MR) is 76.4 cm³/mol. The van der Waals surface area contributed by atoms with E-state index >= 15 is 0 Å². The lowest BCUT2D eigenvalue weighted by Crippen LogP contribution is -2.45. The Morgan fingerprint density at radius 2 is 2.21 bits per heavy atom. The first kappa shape index (κ1) is 13.2. The molecule has 1 aliphatic carbocycles. The fourth-order valence-electron chi connectivity index (χ4n) is 3.31. The Bertz CT molecular complexity index is 561. The molecular formula is C14H16Cl2N2O. The van der Waals surface area contributed by atoms with Gasteiger partial charge in [-0.1, -0.05) is 29.3 Å². The highest BCUT2D eigenvalue weighted by Gasteiger charge is 2.64. The van der Waals surface area contributed by atoms with Crippen molar-refractivity contribution in [2.24, 2.45) is 11.7 Å². The first-order chi connectivity index (χ1) is 9.06. The molecule has 0 aromatic heterocycles. The van der Waals surface area contributed by atoms with Crippen LogP contribution in [-0.2, 0) is 16.8 Å². The van der Waals surface area contributed by atoms with Gasteiger partial charge in [0.05, 0.1) is 15.5 Å². The van der Waals surface area contributed by atoms with E-state index < -0.39 is 5.41 Å². The number of carbonyl (C=O) groups is 1. The van der Waals surface area contributed by atoms with Crippen molar-refractivity contribution < 1.29 is 4.79 Å². The predicted octanol–water partition coefficient (Wildman–Crippen LogP) is 2.57. The molecule has 1 saturated carbocycles. The Labute approximate surface area is 122 Å². The highest BCUT2D eigenvalue weighted by atomic mass is 35.5. The van der Waals surface area contributed by atoms with Crippen LogP contribution in [0, 0.1) is 5.92 Å². The van der Waals surface area contributed by atoms with Crippen LogP contribution in [0.4, 0.5) is 0 Å². The number of halogens is 2. The van der Waals surface area contributed by atoms with Crippen LogP contribution in [0.3, 0.4) is 0 Å². The number of hydrogen-bond donors (Lipinski definition) is 1. The van der Waals surface area contributed by atoms with Crippen LogP contribution >= 0.6 is 23.2 Å². The van der Waals surface area contributed by atoms with Crippen molar-refractivity contribution in [3.8, 4) is 0 Å². The van der Waals surface area contributed by atoms with E-state index in [1.54, 1.807) is 6.07 Å². The number of fused-ring (bicyclic) bond motifs is 2. The summed E-state index contributed by atoms with van der Waals surface area (Å²) >= 11 is 12.5. The first-order valence-corrected chi connectivity index (χ1v) is 7.28. The van der Waals surface area contributed by atoms with Crippen molar-refractivity contribution in [2.45, 2.75) is 25.3 Å². The highest BCUT2D eigenvalue weighted by molar-refractivity contribution is 6.42. The van der Waals surface area contributed by atoms with Crippen LogP contribution in [0.15, 0.2) is 12.1 Å². The molecule has 2 N–H and O–H groups in total. The second-order valence-corrected chi connectivity index (χ2v) is 6.11. The van der Waals surface area contributed by atoms with Crippen LogP contribution in [0.2, 0.25) is 10.0 Å². The highest BCUT2D eigenvalue weighted by Crippen LogP contribution is 2.60. The second-order valence-electron chi connectivity index (χ2n) is 5.32. The normalized spacial score (nSPS) is 28.7. The minimum absolute atomic E-state index is 0.155. The number of carbonyl (C=O) groups excluding carboxylic acids is 1. The van der Waals surface area contributed by atoms with Gasteiger partial charge in [-0.05, 0) is 43.0 Å². The summed E-state index contributed by atoms with van der Waals surface area (Å²) < 4.78 is 0. The summed E-state index contributed by atoms with van der Waals surface area (Å²) in [6, 6.07) is 3.78. The van der Waals surface area contributed by atoms with Crippen molar-refractivity contribution in [2.75, 3.05) is 13.1 Å². The minimum atomic E-state index is -0.514. The lowest BCUT2D eigenvalue weighted by molar-refractivity contribution is -0.135. The Hall–Kier alpha value is -0.770. The molecule has 2 aliphatic rings. The number of benzene rings is 1. The summed E-state index contributed by atoms with van der Waals surface area (Å²) in [5, 5.41) is 1.04. The molecule has 102 valence electrons. The Kier molecular flexibility index (Phi) is 3.04. The third-order valence-corrected chi connectivity index (χ3v) is 5.23. The van der Waals surface area contributed by atoms with Crippen LogP contribution in [0.1, 0.15) is 24.5 Å². The van der Waals surface area contributed by atoms with Crippen LogP contribution in [0.5, 0.6) is 0 Å². The van der Waals surface area contributed by atoms with Gasteiger partial charge in [0.2, 0.25) is 5.91 Å². The molecule has 1 aliphatic heterocycles. The molecule has 1 aromatic rings. The maximum atomic E-state index is 12.7. The van der Waals surface area contributed by atoms with Crippen molar-refractivity contribution in [1.29, 1.82) is 0 Å². The number of amides is 1.